The van der Waals surface area contributed by atoms with Crippen molar-refractivity contribution >= 4 is 32.6 Å². The van der Waals surface area contributed by atoms with Crippen molar-refractivity contribution in [2.75, 3.05) is 19.8 Å². The van der Waals surface area contributed by atoms with Crippen LogP contribution in [0.4, 0.5) is 0 Å². The second-order valence-corrected chi connectivity index (χ2v) is 6.04. The SMILES string of the molecule is C[C@@H]1COCCN1C(=O)c1ccc2cc(Br)ccc2c1. The van der Waals surface area contributed by atoms with E-state index in [1.54, 1.807) is 0 Å². The Hall–Kier alpha value is -1.39. The summed E-state index contributed by atoms with van der Waals surface area (Å²) in [6.07, 6.45) is 0. The lowest BCUT2D eigenvalue weighted by molar-refractivity contribution is 0.00360. The van der Waals surface area contributed by atoms with E-state index in [1.807, 2.05) is 42.2 Å². The Labute approximate surface area is 126 Å². The first-order chi connectivity index (χ1) is 9.65. The molecule has 2 aromatic carbocycles. The van der Waals surface area contributed by atoms with E-state index in [0.717, 1.165) is 20.8 Å². The predicted molar refractivity (Wildman–Crippen MR) is 83.0 cm³/mol. The third-order valence-corrected chi connectivity index (χ3v) is 4.17. The van der Waals surface area contributed by atoms with Gasteiger partial charge in [-0.05, 0) is 42.0 Å². The molecule has 0 N–H and O–H groups in total. The molecule has 1 aliphatic heterocycles. The quantitative estimate of drug-likeness (QED) is 0.799. The molecule has 1 fully saturated rings. The smallest absolute Gasteiger partial charge is 0.254 e. The molecule has 1 saturated heterocycles. The number of benzene rings is 2. The molecule has 0 aromatic heterocycles. The number of rotatable bonds is 1. The second-order valence-electron chi connectivity index (χ2n) is 5.13. The van der Waals surface area contributed by atoms with Crippen LogP contribution >= 0.6 is 15.9 Å². The van der Waals surface area contributed by atoms with Gasteiger partial charge >= 0.3 is 0 Å². The molecule has 20 heavy (non-hydrogen) atoms. The highest BCUT2D eigenvalue weighted by atomic mass is 79.9. The molecule has 1 aliphatic rings. The van der Waals surface area contributed by atoms with Crippen molar-refractivity contribution < 1.29 is 9.53 Å². The first-order valence-corrected chi connectivity index (χ1v) is 7.52. The monoisotopic (exact) mass is 333 g/mol. The van der Waals surface area contributed by atoms with Gasteiger partial charge in [0.15, 0.2) is 0 Å². The molecular weight excluding hydrogens is 318 g/mol. The lowest BCUT2D eigenvalue weighted by Gasteiger charge is -2.33. The van der Waals surface area contributed by atoms with Crippen LogP contribution in [0.1, 0.15) is 17.3 Å². The molecule has 1 amide bonds. The molecule has 104 valence electrons. The van der Waals surface area contributed by atoms with Crippen LogP contribution in [0, 0.1) is 0 Å². The molecule has 2 aromatic rings. The molecule has 0 bridgehead atoms. The van der Waals surface area contributed by atoms with Crippen LogP contribution in [-0.4, -0.2) is 36.6 Å². The van der Waals surface area contributed by atoms with Gasteiger partial charge in [-0.3, -0.25) is 4.79 Å². The number of halogens is 1. The highest BCUT2D eigenvalue weighted by Gasteiger charge is 2.24. The summed E-state index contributed by atoms with van der Waals surface area (Å²) >= 11 is 3.46. The Kier molecular flexibility index (Phi) is 3.76. The fourth-order valence-electron chi connectivity index (χ4n) is 2.54. The van der Waals surface area contributed by atoms with E-state index in [9.17, 15) is 4.79 Å². The summed E-state index contributed by atoms with van der Waals surface area (Å²) in [6.45, 7) is 3.93. The number of carbonyl (C=O) groups excluding carboxylic acids is 1. The number of morpholine rings is 1. The second kappa shape index (κ2) is 5.54. The minimum absolute atomic E-state index is 0.0885. The summed E-state index contributed by atoms with van der Waals surface area (Å²) in [5.41, 5.74) is 0.744. The Balaban J connectivity index is 1.93. The molecule has 1 heterocycles. The highest BCUT2D eigenvalue weighted by molar-refractivity contribution is 9.10. The Bertz CT molecular complexity index is 656. The van der Waals surface area contributed by atoms with Gasteiger partial charge in [-0.25, -0.2) is 0 Å². The fraction of sp³-hybridized carbons (Fsp3) is 0.312. The van der Waals surface area contributed by atoms with Crippen LogP contribution in [0.5, 0.6) is 0 Å². The van der Waals surface area contributed by atoms with Gasteiger partial charge < -0.3 is 9.64 Å². The number of nitrogens with zero attached hydrogens (tertiary/aromatic N) is 1. The van der Waals surface area contributed by atoms with E-state index in [0.29, 0.717) is 19.8 Å². The third kappa shape index (κ3) is 2.58. The molecule has 3 nitrogen and oxygen atoms in total. The van der Waals surface area contributed by atoms with Gasteiger partial charge in [-0.2, -0.15) is 0 Å². The maximum Gasteiger partial charge on any atom is 0.254 e. The molecular formula is C16H16BrNO2. The van der Waals surface area contributed by atoms with Crippen molar-refractivity contribution in [2.45, 2.75) is 13.0 Å². The molecule has 3 rings (SSSR count). The maximum absolute atomic E-state index is 12.6. The number of hydrogen-bond acceptors (Lipinski definition) is 2. The van der Waals surface area contributed by atoms with Gasteiger partial charge in [-0.15, -0.1) is 0 Å². The normalized spacial score (nSPS) is 19.3. The number of carbonyl (C=O) groups is 1. The first-order valence-electron chi connectivity index (χ1n) is 6.73. The van der Waals surface area contributed by atoms with E-state index in [-0.39, 0.29) is 11.9 Å². The molecule has 0 unspecified atom stereocenters. The van der Waals surface area contributed by atoms with Gasteiger partial charge in [0.2, 0.25) is 0 Å². The fourth-order valence-corrected chi connectivity index (χ4v) is 2.92. The minimum atomic E-state index is 0.0885. The molecule has 0 spiro atoms. The average Bonchev–Trinajstić information content (AvgIpc) is 2.46. The molecule has 1 atom stereocenters. The maximum atomic E-state index is 12.6. The van der Waals surface area contributed by atoms with Gasteiger partial charge in [0.1, 0.15) is 0 Å². The predicted octanol–water partition coefficient (Wildman–Crippen LogP) is 3.46. The summed E-state index contributed by atoms with van der Waals surface area (Å²) < 4.78 is 6.43. The lowest BCUT2D eigenvalue weighted by atomic mass is 10.1. The van der Waals surface area contributed by atoms with E-state index in [1.165, 1.54) is 0 Å². The van der Waals surface area contributed by atoms with Gasteiger partial charge in [0.05, 0.1) is 19.3 Å². The Morgan fingerprint density at radius 2 is 2.00 bits per heavy atom. The minimum Gasteiger partial charge on any atom is -0.377 e. The molecule has 0 aliphatic carbocycles. The standard InChI is InChI=1S/C16H16BrNO2/c1-11-10-20-7-6-18(11)16(19)14-3-2-13-9-15(17)5-4-12(13)8-14/h2-5,8-9,11H,6-7,10H2,1H3/t11-/m1/s1. The van der Waals surface area contributed by atoms with Crippen LogP contribution in [-0.2, 0) is 4.74 Å². The van der Waals surface area contributed by atoms with Crippen LogP contribution in [0.15, 0.2) is 40.9 Å². The Morgan fingerprint density at radius 3 is 2.80 bits per heavy atom. The van der Waals surface area contributed by atoms with Crippen LogP contribution < -0.4 is 0 Å². The van der Waals surface area contributed by atoms with Crippen molar-refractivity contribution in [2.24, 2.45) is 0 Å². The van der Waals surface area contributed by atoms with Crippen molar-refractivity contribution in [3.8, 4) is 0 Å². The average molecular weight is 334 g/mol. The number of hydrogen-bond donors (Lipinski definition) is 0. The zero-order valence-electron chi connectivity index (χ0n) is 11.3. The van der Waals surface area contributed by atoms with Crippen molar-refractivity contribution in [1.29, 1.82) is 0 Å². The van der Waals surface area contributed by atoms with Gasteiger partial charge in [0.25, 0.3) is 5.91 Å². The van der Waals surface area contributed by atoms with Gasteiger partial charge in [-0.1, -0.05) is 28.1 Å². The van der Waals surface area contributed by atoms with E-state index in [2.05, 4.69) is 22.0 Å². The number of ether oxygens (including phenoxy) is 1. The number of fused-ring (bicyclic) bond motifs is 1. The van der Waals surface area contributed by atoms with E-state index < -0.39 is 0 Å². The topological polar surface area (TPSA) is 29.5 Å². The Morgan fingerprint density at radius 1 is 1.25 bits per heavy atom. The zero-order chi connectivity index (χ0) is 14.1. The summed E-state index contributed by atoms with van der Waals surface area (Å²) in [6, 6.07) is 12.1. The van der Waals surface area contributed by atoms with Crippen molar-refractivity contribution in [1.82, 2.24) is 4.90 Å². The third-order valence-electron chi connectivity index (χ3n) is 3.68. The largest absolute Gasteiger partial charge is 0.377 e. The molecule has 4 heteroatoms. The lowest BCUT2D eigenvalue weighted by Crippen LogP contribution is -2.47. The van der Waals surface area contributed by atoms with Crippen LogP contribution in [0.2, 0.25) is 0 Å². The van der Waals surface area contributed by atoms with Crippen molar-refractivity contribution in [3.63, 3.8) is 0 Å². The molecule has 0 radical (unpaired) electrons. The zero-order valence-corrected chi connectivity index (χ0v) is 12.9. The van der Waals surface area contributed by atoms with Crippen molar-refractivity contribution in [3.05, 3.63) is 46.4 Å². The van der Waals surface area contributed by atoms with Crippen LogP contribution in [0.25, 0.3) is 10.8 Å². The highest BCUT2D eigenvalue weighted by Crippen LogP contribution is 2.22. The molecule has 0 saturated carbocycles. The van der Waals surface area contributed by atoms with Crippen LogP contribution in [0.3, 0.4) is 0 Å². The van der Waals surface area contributed by atoms with Gasteiger partial charge in [0, 0.05) is 16.6 Å². The summed E-state index contributed by atoms with van der Waals surface area (Å²) in [5, 5.41) is 2.21. The first kappa shape index (κ1) is 13.6. The summed E-state index contributed by atoms with van der Waals surface area (Å²) in [7, 11) is 0. The summed E-state index contributed by atoms with van der Waals surface area (Å²) in [5.74, 6) is 0.0885. The summed E-state index contributed by atoms with van der Waals surface area (Å²) in [4.78, 5) is 14.5. The number of amides is 1. The van der Waals surface area contributed by atoms with E-state index in [4.69, 9.17) is 4.74 Å². The van der Waals surface area contributed by atoms with E-state index >= 15 is 0 Å².